The highest BCUT2D eigenvalue weighted by Gasteiger charge is 2.31. The number of nitrogens with zero attached hydrogens (tertiary/aromatic N) is 1. The van der Waals surface area contributed by atoms with Gasteiger partial charge in [0.05, 0.1) is 23.5 Å². The van der Waals surface area contributed by atoms with Crippen molar-refractivity contribution in [1.82, 2.24) is 4.31 Å². The fourth-order valence-electron chi connectivity index (χ4n) is 1.76. The van der Waals surface area contributed by atoms with Crippen LogP contribution in [0.5, 0.6) is 0 Å². The first-order chi connectivity index (χ1) is 9.41. The molecule has 0 bridgehead atoms. The van der Waals surface area contributed by atoms with E-state index in [0.29, 0.717) is 10.7 Å². The van der Waals surface area contributed by atoms with Crippen molar-refractivity contribution in [1.29, 1.82) is 0 Å². The molecule has 0 unspecified atom stereocenters. The Morgan fingerprint density at radius 1 is 1.29 bits per heavy atom. The number of anilines is 1. The van der Waals surface area contributed by atoms with E-state index in [0.717, 1.165) is 10.6 Å². The Morgan fingerprint density at radius 3 is 2.29 bits per heavy atom. The molecule has 0 aliphatic heterocycles. The van der Waals surface area contributed by atoms with Gasteiger partial charge in [-0.15, -0.1) is 0 Å². The maximum atomic E-state index is 12.0. The van der Waals surface area contributed by atoms with Gasteiger partial charge in [-0.3, -0.25) is 4.79 Å². The minimum atomic E-state index is -3.51. The average Bonchev–Trinajstić information content (AvgIpc) is 2.27. The third-order valence-electron chi connectivity index (χ3n) is 2.64. The van der Waals surface area contributed by atoms with E-state index in [9.17, 15) is 13.2 Å². The number of carbonyl (C=O) groups excluding carboxylic acids is 1. The van der Waals surface area contributed by atoms with Gasteiger partial charge in [0.15, 0.2) is 0 Å². The Bertz CT molecular complexity index is 639. The number of nitrogens with one attached hydrogen (secondary N) is 1. The molecule has 0 heterocycles. The minimum Gasteiger partial charge on any atom is -0.324 e. The van der Waals surface area contributed by atoms with Crippen LogP contribution in [0.2, 0.25) is 10.0 Å². The van der Waals surface area contributed by atoms with E-state index in [4.69, 9.17) is 23.2 Å². The van der Waals surface area contributed by atoms with E-state index in [1.54, 1.807) is 32.9 Å². The Kier molecular flexibility index (Phi) is 5.66. The maximum absolute atomic E-state index is 12.0. The van der Waals surface area contributed by atoms with E-state index < -0.39 is 21.5 Å². The number of carbonyl (C=O) groups is 1. The zero-order valence-electron chi connectivity index (χ0n) is 12.3. The molecule has 1 amide bonds. The maximum Gasteiger partial charge on any atom is 0.239 e. The molecule has 0 aliphatic carbocycles. The van der Waals surface area contributed by atoms with E-state index in [-0.39, 0.29) is 11.6 Å². The molecule has 0 aliphatic rings. The lowest BCUT2D eigenvalue weighted by Crippen LogP contribution is -2.48. The van der Waals surface area contributed by atoms with Gasteiger partial charge >= 0.3 is 0 Å². The van der Waals surface area contributed by atoms with Crippen molar-refractivity contribution in [3.8, 4) is 0 Å². The summed E-state index contributed by atoms with van der Waals surface area (Å²) in [4.78, 5) is 12.0. The van der Waals surface area contributed by atoms with Crippen LogP contribution < -0.4 is 5.32 Å². The number of amides is 1. The summed E-state index contributed by atoms with van der Waals surface area (Å²) in [6.07, 6.45) is 1.07. The van der Waals surface area contributed by atoms with E-state index in [1.165, 1.54) is 6.07 Å². The highest BCUT2D eigenvalue weighted by atomic mass is 35.5. The topological polar surface area (TPSA) is 66.5 Å². The van der Waals surface area contributed by atoms with Gasteiger partial charge in [0.25, 0.3) is 0 Å². The summed E-state index contributed by atoms with van der Waals surface area (Å²) in [5, 5.41) is 3.32. The van der Waals surface area contributed by atoms with E-state index in [2.05, 4.69) is 5.32 Å². The zero-order chi connectivity index (χ0) is 16.4. The van der Waals surface area contributed by atoms with Crippen molar-refractivity contribution in [2.24, 2.45) is 0 Å². The van der Waals surface area contributed by atoms with Gasteiger partial charge < -0.3 is 5.32 Å². The molecule has 118 valence electrons. The van der Waals surface area contributed by atoms with Crippen molar-refractivity contribution in [2.75, 3.05) is 18.1 Å². The molecule has 8 heteroatoms. The lowest BCUT2D eigenvalue weighted by atomic mass is 10.1. The standard InChI is InChI=1S/C13H18Cl2N2O3S/c1-13(2,3)17(21(4,19)20)8-12(18)16-11-6-5-9(14)7-10(11)15/h5-7H,8H2,1-4H3,(H,16,18). The molecule has 0 saturated heterocycles. The molecule has 1 aromatic carbocycles. The third-order valence-corrected chi connectivity index (χ3v) is 4.67. The second-order valence-electron chi connectivity index (χ2n) is 5.61. The van der Waals surface area contributed by atoms with Gasteiger partial charge in [0, 0.05) is 10.6 Å². The van der Waals surface area contributed by atoms with Gasteiger partial charge in [-0.25, -0.2) is 8.42 Å². The number of hydrogen-bond acceptors (Lipinski definition) is 3. The number of halogens is 2. The predicted molar refractivity (Wildman–Crippen MR) is 86.4 cm³/mol. The molecule has 21 heavy (non-hydrogen) atoms. The molecular weight excluding hydrogens is 335 g/mol. The van der Waals surface area contributed by atoms with Crippen molar-refractivity contribution in [3.63, 3.8) is 0 Å². The van der Waals surface area contributed by atoms with Crippen LogP contribution in [0.3, 0.4) is 0 Å². The molecule has 1 rings (SSSR count). The van der Waals surface area contributed by atoms with Crippen LogP contribution in [0.25, 0.3) is 0 Å². The Hall–Kier alpha value is -0.820. The summed E-state index contributed by atoms with van der Waals surface area (Å²) >= 11 is 11.7. The van der Waals surface area contributed by atoms with Gasteiger partial charge in [0.2, 0.25) is 15.9 Å². The molecule has 0 radical (unpaired) electrons. The monoisotopic (exact) mass is 352 g/mol. The smallest absolute Gasteiger partial charge is 0.239 e. The first kappa shape index (κ1) is 18.2. The SMILES string of the molecule is CC(C)(C)N(CC(=O)Nc1ccc(Cl)cc1Cl)S(C)(=O)=O. The highest BCUT2D eigenvalue weighted by molar-refractivity contribution is 7.88. The molecule has 0 saturated carbocycles. The van der Waals surface area contributed by atoms with Crippen molar-refractivity contribution in [3.05, 3.63) is 28.2 Å². The van der Waals surface area contributed by atoms with Crippen LogP contribution in [0.1, 0.15) is 20.8 Å². The van der Waals surface area contributed by atoms with Crippen LogP contribution in [-0.2, 0) is 14.8 Å². The summed E-state index contributed by atoms with van der Waals surface area (Å²) in [5.74, 6) is -0.473. The van der Waals surface area contributed by atoms with Crippen molar-refractivity contribution in [2.45, 2.75) is 26.3 Å². The summed E-state index contributed by atoms with van der Waals surface area (Å²) < 4.78 is 24.7. The van der Waals surface area contributed by atoms with E-state index >= 15 is 0 Å². The molecule has 0 fully saturated rings. The second-order valence-corrected chi connectivity index (χ2v) is 8.36. The largest absolute Gasteiger partial charge is 0.324 e. The molecule has 5 nitrogen and oxygen atoms in total. The van der Waals surface area contributed by atoms with Crippen LogP contribution in [0.4, 0.5) is 5.69 Å². The number of benzene rings is 1. The predicted octanol–water partition coefficient (Wildman–Crippen LogP) is 2.99. The highest BCUT2D eigenvalue weighted by Crippen LogP contribution is 2.25. The van der Waals surface area contributed by atoms with Gasteiger partial charge in [-0.1, -0.05) is 23.2 Å². The van der Waals surface area contributed by atoms with Gasteiger partial charge in [-0.2, -0.15) is 4.31 Å². The van der Waals surface area contributed by atoms with Gasteiger partial charge in [0.1, 0.15) is 0 Å². The summed E-state index contributed by atoms with van der Waals surface area (Å²) in [6.45, 7) is 4.87. The zero-order valence-corrected chi connectivity index (χ0v) is 14.6. The average molecular weight is 353 g/mol. The lowest BCUT2D eigenvalue weighted by molar-refractivity contribution is -0.117. The van der Waals surface area contributed by atoms with Crippen LogP contribution >= 0.6 is 23.2 Å². The quantitative estimate of drug-likeness (QED) is 0.905. The molecular formula is C13H18Cl2N2O3S. The second kappa shape index (κ2) is 6.52. The van der Waals surface area contributed by atoms with Crippen LogP contribution in [0, 0.1) is 0 Å². The first-order valence-electron chi connectivity index (χ1n) is 6.14. The summed E-state index contributed by atoms with van der Waals surface area (Å²) in [5.41, 5.74) is -0.317. The Morgan fingerprint density at radius 2 is 1.86 bits per heavy atom. The van der Waals surface area contributed by atoms with Crippen LogP contribution in [0.15, 0.2) is 18.2 Å². The molecule has 0 atom stereocenters. The van der Waals surface area contributed by atoms with Crippen LogP contribution in [-0.4, -0.2) is 37.0 Å². The minimum absolute atomic E-state index is 0.289. The number of sulfonamides is 1. The van der Waals surface area contributed by atoms with Gasteiger partial charge in [-0.05, 0) is 39.0 Å². The normalized spacial score (nSPS) is 12.5. The number of hydrogen-bond donors (Lipinski definition) is 1. The first-order valence-corrected chi connectivity index (χ1v) is 8.74. The molecule has 1 aromatic rings. The molecule has 0 aromatic heterocycles. The van der Waals surface area contributed by atoms with E-state index in [1.807, 2.05) is 0 Å². The summed E-state index contributed by atoms with van der Waals surface area (Å²) in [6, 6.07) is 4.64. The number of rotatable bonds is 4. The lowest BCUT2D eigenvalue weighted by Gasteiger charge is -2.32. The summed E-state index contributed by atoms with van der Waals surface area (Å²) in [7, 11) is -3.51. The fourth-order valence-corrected chi connectivity index (χ4v) is 3.57. The molecule has 0 spiro atoms. The Labute approximate surface area is 135 Å². The molecule has 1 N–H and O–H groups in total. The third kappa shape index (κ3) is 5.47. The van der Waals surface area contributed by atoms with Crippen molar-refractivity contribution >= 4 is 44.8 Å². The fraction of sp³-hybridized carbons (Fsp3) is 0.462. The Balaban J connectivity index is 2.89. The van der Waals surface area contributed by atoms with Crippen molar-refractivity contribution < 1.29 is 13.2 Å².